The molecule has 1 heterocycles. The Kier molecular flexibility index (Phi) is 3.24. The predicted molar refractivity (Wildman–Crippen MR) is 62.8 cm³/mol. The van der Waals surface area contributed by atoms with E-state index in [1.165, 1.54) is 35.4 Å². The Morgan fingerprint density at radius 2 is 2.29 bits per heavy atom. The molecule has 14 heavy (non-hydrogen) atoms. The van der Waals surface area contributed by atoms with Gasteiger partial charge in [-0.1, -0.05) is 13.3 Å². The lowest BCUT2D eigenvalue weighted by molar-refractivity contribution is 0.242. The molecule has 1 fully saturated rings. The van der Waals surface area contributed by atoms with Crippen molar-refractivity contribution in [3.8, 4) is 0 Å². The van der Waals surface area contributed by atoms with E-state index in [2.05, 4.69) is 31.4 Å². The van der Waals surface area contributed by atoms with Gasteiger partial charge < -0.3 is 5.32 Å². The van der Waals surface area contributed by atoms with Gasteiger partial charge in [-0.15, -0.1) is 11.3 Å². The van der Waals surface area contributed by atoms with Gasteiger partial charge >= 0.3 is 0 Å². The Balaban J connectivity index is 2.09. The maximum atomic E-state index is 3.47. The Hall–Kier alpha value is -0.340. The van der Waals surface area contributed by atoms with Crippen molar-refractivity contribution in [2.45, 2.75) is 38.6 Å². The van der Waals surface area contributed by atoms with Crippen LogP contribution in [0.3, 0.4) is 0 Å². The molecule has 1 saturated carbocycles. The van der Waals surface area contributed by atoms with E-state index < -0.39 is 0 Å². The van der Waals surface area contributed by atoms with Crippen molar-refractivity contribution >= 4 is 11.3 Å². The molecule has 1 atom stereocenters. The van der Waals surface area contributed by atoms with Gasteiger partial charge in [-0.25, -0.2) is 0 Å². The fourth-order valence-corrected chi connectivity index (χ4v) is 3.29. The van der Waals surface area contributed by atoms with Crippen molar-refractivity contribution in [3.05, 3.63) is 21.9 Å². The molecule has 1 aliphatic carbocycles. The minimum atomic E-state index is 0.619. The third-order valence-corrected chi connectivity index (χ3v) is 4.58. The summed E-state index contributed by atoms with van der Waals surface area (Å²) in [7, 11) is 2.09. The molecule has 0 aliphatic heterocycles. The van der Waals surface area contributed by atoms with Crippen LogP contribution in [0.2, 0.25) is 0 Å². The summed E-state index contributed by atoms with van der Waals surface area (Å²) in [6.07, 6.45) is 5.41. The Bertz CT molecular complexity index is 288. The second-order valence-corrected chi connectivity index (χ2v) is 5.31. The first-order valence-electron chi connectivity index (χ1n) is 5.61. The van der Waals surface area contributed by atoms with Gasteiger partial charge in [0.2, 0.25) is 0 Å². The van der Waals surface area contributed by atoms with Gasteiger partial charge in [0.1, 0.15) is 0 Å². The van der Waals surface area contributed by atoms with Gasteiger partial charge in [-0.05, 0) is 44.4 Å². The number of nitrogens with one attached hydrogen (secondary N) is 1. The number of aryl methyl sites for hydroxylation is 1. The van der Waals surface area contributed by atoms with Crippen LogP contribution in [0.25, 0.3) is 0 Å². The van der Waals surface area contributed by atoms with Crippen molar-refractivity contribution < 1.29 is 0 Å². The van der Waals surface area contributed by atoms with E-state index in [0.29, 0.717) is 6.04 Å². The summed E-state index contributed by atoms with van der Waals surface area (Å²) in [6, 6.07) is 5.21. The average molecular weight is 209 g/mol. The van der Waals surface area contributed by atoms with Crippen LogP contribution in [0, 0.1) is 5.92 Å². The highest BCUT2D eigenvalue weighted by Crippen LogP contribution is 2.39. The van der Waals surface area contributed by atoms with Crippen molar-refractivity contribution in [2.24, 2.45) is 5.92 Å². The third-order valence-electron chi connectivity index (χ3n) is 3.27. The van der Waals surface area contributed by atoms with Crippen LogP contribution in [-0.2, 0) is 6.42 Å². The Morgan fingerprint density at radius 3 is 2.71 bits per heavy atom. The summed E-state index contributed by atoms with van der Waals surface area (Å²) in [6.45, 7) is 2.23. The molecule has 0 spiro atoms. The van der Waals surface area contributed by atoms with E-state index in [9.17, 15) is 0 Å². The minimum absolute atomic E-state index is 0.619. The molecule has 2 heteroatoms. The summed E-state index contributed by atoms with van der Waals surface area (Å²) < 4.78 is 0. The highest BCUT2D eigenvalue weighted by molar-refractivity contribution is 7.12. The quantitative estimate of drug-likeness (QED) is 0.801. The summed E-state index contributed by atoms with van der Waals surface area (Å²) in [5, 5.41) is 3.47. The monoisotopic (exact) mass is 209 g/mol. The van der Waals surface area contributed by atoms with Gasteiger partial charge in [0.25, 0.3) is 0 Å². The van der Waals surface area contributed by atoms with Crippen molar-refractivity contribution in [1.82, 2.24) is 5.32 Å². The molecule has 0 radical (unpaired) electrons. The molecule has 2 rings (SSSR count). The maximum Gasteiger partial charge on any atom is 0.0441 e. The summed E-state index contributed by atoms with van der Waals surface area (Å²) >= 11 is 1.98. The van der Waals surface area contributed by atoms with Crippen LogP contribution in [0.4, 0.5) is 0 Å². The van der Waals surface area contributed by atoms with E-state index in [1.807, 2.05) is 11.3 Å². The van der Waals surface area contributed by atoms with Crippen LogP contribution in [-0.4, -0.2) is 7.05 Å². The first-order valence-corrected chi connectivity index (χ1v) is 6.42. The third kappa shape index (κ3) is 1.86. The van der Waals surface area contributed by atoms with Gasteiger partial charge in [0, 0.05) is 15.8 Å². The van der Waals surface area contributed by atoms with Crippen LogP contribution < -0.4 is 5.32 Å². The van der Waals surface area contributed by atoms with Crippen molar-refractivity contribution in [1.29, 1.82) is 0 Å². The molecule has 0 amide bonds. The second kappa shape index (κ2) is 4.45. The van der Waals surface area contributed by atoms with Crippen LogP contribution in [0.1, 0.15) is 42.0 Å². The largest absolute Gasteiger partial charge is 0.312 e. The fraction of sp³-hybridized carbons (Fsp3) is 0.667. The second-order valence-electron chi connectivity index (χ2n) is 4.11. The first kappa shape index (κ1) is 10.2. The highest BCUT2D eigenvalue weighted by atomic mass is 32.1. The number of thiophene rings is 1. The number of hydrogen-bond donors (Lipinski definition) is 1. The summed E-state index contributed by atoms with van der Waals surface area (Å²) in [5.41, 5.74) is 0. The summed E-state index contributed by atoms with van der Waals surface area (Å²) in [5.74, 6) is 0.892. The fourth-order valence-electron chi connectivity index (χ4n) is 2.14. The number of rotatable bonds is 4. The molecule has 1 nitrogen and oxygen atoms in total. The normalized spacial score (nSPS) is 19.3. The smallest absolute Gasteiger partial charge is 0.0441 e. The molecule has 1 N–H and O–H groups in total. The number of hydrogen-bond acceptors (Lipinski definition) is 2. The SMILES string of the molecule is CCc1ccc(C(NC)C2CCC2)s1. The van der Waals surface area contributed by atoms with Crippen molar-refractivity contribution in [3.63, 3.8) is 0 Å². The van der Waals surface area contributed by atoms with Crippen LogP contribution >= 0.6 is 11.3 Å². The highest BCUT2D eigenvalue weighted by Gasteiger charge is 2.27. The molecule has 1 aromatic heterocycles. The molecular weight excluding hydrogens is 190 g/mol. The molecule has 0 aromatic carbocycles. The van der Waals surface area contributed by atoms with Gasteiger partial charge in [-0.2, -0.15) is 0 Å². The topological polar surface area (TPSA) is 12.0 Å². The summed E-state index contributed by atoms with van der Waals surface area (Å²) in [4.78, 5) is 3.05. The molecule has 0 saturated heterocycles. The zero-order chi connectivity index (χ0) is 9.97. The molecule has 1 aromatic rings. The lowest BCUT2D eigenvalue weighted by atomic mass is 9.79. The van der Waals surface area contributed by atoms with E-state index in [1.54, 1.807) is 0 Å². The first-order chi connectivity index (χ1) is 6.85. The standard InChI is InChI=1S/C12H19NS/c1-3-10-7-8-11(14-10)12(13-2)9-5-4-6-9/h7-9,12-13H,3-6H2,1-2H3. The van der Waals surface area contributed by atoms with Gasteiger partial charge in [0.15, 0.2) is 0 Å². The molecule has 1 aliphatic rings. The van der Waals surface area contributed by atoms with Crippen LogP contribution in [0.15, 0.2) is 12.1 Å². The van der Waals surface area contributed by atoms with Crippen LogP contribution in [0.5, 0.6) is 0 Å². The van der Waals surface area contributed by atoms with Crippen molar-refractivity contribution in [2.75, 3.05) is 7.05 Å². The molecule has 78 valence electrons. The maximum absolute atomic E-state index is 3.47. The molecule has 0 bridgehead atoms. The molecule has 1 unspecified atom stereocenters. The van der Waals surface area contributed by atoms with E-state index in [4.69, 9.17) is 0 Å². The minimum Gasteiger partial charge on any atom is -0.312 e. The zero-order valence-electron chi connectivity index (χ0n) is 9.05. The predicted octanol–water partition coefficient (Wildman–Crippen LogP) is 3.37. The van der Waals surface area contributed by atoms with E-state index in [-0.39, 0.29) is 0 Å². The van der Waals surface area contributed by atoms with Gasteiger partial charge in [-0.3, -0.25) is 0 Å². The zero-order valence-corrected chi connectivity index (χ0v) is 9.86. The lowest BCUT2D eigenvalue weighted by Gasteiger charge is -2.33. The van der Waals surface area contributed by atoms with E-state index >= 15 is 0 Å². The Labute approximate surface area is 90.5 Å². The molecular formula is C12H19NS. The van der Waals surface area contributed by atoms with E-state index in [0.717, 1.165) is 5.92 Å². The Morgan fingerprint density at radius 1 is 1.50 bits per heavy atom. The van der Waals surface area contributed by atoms with Gasteiger partial charge in [0.05, 0.1) is 0 Å². The average Bonchev–Trinajstić information content (AvgIpc) is 2.58. The lowest BCUT2D eigenvalue weighted by Crippen LogP contribution is -2.28.